The van der Waals surface area contributed by atoms with Crippen molar-refractivity contribution >= 4 is 18.0 Å². The van der Waals surface area contributed by atoms with Crippen LogP contribution >= 0.6 is 0 Å². The van der Waals surface area contributed by atoms with Gasteiger partial charge < -0.3 is 14.8 Å². The van der Waals surface area contributed by atoms with Crippen LogP contribution in [0.25, 0.3) is 0 Å². The van der Waals surface area contributed by atoms with Crippen LogP contribution in [0.4, 0.5) is 4.39 Å². The van der Waals surface area contributed by atoms with Crippen molar-refractivity contribution in [1.29, 1.82) is 0 Å². The van der Waals surface area contributed by atoms with E-state index in [1.807, 2.05) is 6.92 Å². The van der Waals surface area contributed by atoms with Crippen molar-refractivity contribution in [2.75, 3.05) is 13.2 Å². The summed E-state index contributed by atoms with van der Waals surface area (Å²) in [5, 5.41) is 6.51. The van der Waals surface area contributed by atoms with Crippen LogP contribution in [0.5, 0.6) is 11.5 Å². The highest BCUT2D eigenvalue weighted by Gasteiger charge is 2.25. The maximum Gasteiger partial charge on any atom is 0.262 e. The molecular weight excluding hydrogens is 413 g/mol. The monoisotopic (exact) mass is 439 g/mol. The van der Waals surface area contributed by atoms with E-state index in [1.54, 1.807) is 38.1 Å². The van der Waals surface area contributed by atoms with Gasteiger partial charge in [0.2, 0.25) is 0 Å². The zero-order valence-corrected chi connectivity index (χ0v) is 18.2. The van der Waals surface area contributed by atoms with Gasteiger partial charge in [-0.2, -0.15) is 5.10 Å². The molecule has 1 unspecified atom stereocenters. The molecule has 0 bridgehead atoms. The number of hydrogen-bond acceptors (Lipinski definition) is 5. The number of rotatable bonds is 10. The summed E-state index contributed by atoms with van der Waals surface area (Å²) < 4.78 is 24.8. The lowest BCUT2D eigenvalue weighted by atomic mass is 10.0. The van der Waals surface area contributed by atoms with Crippen molar-refractivity contribution in [2.45, 2.75) is 26.8 Å². The van der Waals surface area contributed by atoms with Gasteiger partial charge in [-0.1, -0.05) is 31.9 Å². The third-order valence-corrected chi connectivity index (χ3v) is 4.32. The molecular formula is C24H26FN3O4. The molecule has 0 radical (unpaired) electrons. The number of terminal acetylenes is 1. The van der Waals surface area contributed by atoms with Crippen LogP contribution in [0.15, 0.2) is 47.6 Å². The third kappa shape index (κ3) is 6.84. The van der Waals surface area contributed by atoms with Crippen LogP contribution < -0.4 is 20.2 Å². The molecule has 0 saturated heterocycles. The van der Waals surface area contributed by atoms with E-state index in [2.05, 4.69) is 21.8 Å². The van der Waals surface area contributed by atoms with Gasteiger partial charge in [0, 0.05) is 0 Å². The highest BCUT2D eigenvalue weighted by atomic mass is 19.1. The number of carbonyl (C=O) groups excluding carboxylic acids is 2. The minimum atomic E-state index is -0.905. The number of benzene rings is 2. The summed E-state index contributed by atoms with van der Waals surface area (Å²) in [7, 11) is 0. The van der Waals surface area contributed by atoms with Crippen LogP contribution in [-0.2, 0) is 4.79 Å². The molecule has 8 heteroatoms. The normalized spacial score (nSPS) is 11.6. The number of carbonyl (C=O) groups is 2. The van der Waals surface area contributed by atoms with Crippen LogP contribution in [0.3, 0.4) is 0 Å². The number of amides is 2. The Morgan fingerprint density at radius 1 is 1.19 bits per heavy atom. The van der Waals surface area contributed by atoms with Crippen molar-refractivity contribution < 1.29 is 23.5 Å². The Hall–Kier alpha value is -3.86. The zero-order chi connectivity index (χ0) is 23.5. The molecule has 0 heterocycles. The van der Waals surface area contributed by atoms with Crippen molar-refractivity contribution in [1.82, 2.24) is 10.7 Å². The molecule has 2 amide bonds. The molecule has 0 aliphatic carbocycles. The van der Waals surface area contributed by atoms with Gasteiger partial charge in [-0.3, -0.25) is 9.59 Å². The molecule has 0 spiro atoms. The Labute approximate surface area is 187 Å². The van der Waals surface area contributed by atoms with Gasteiger partial charge in [0.1, 0.15) is 18.5 Å². The molecule has 2 N–H and O–H groups in total. The van der Waals surface area contributed by atoms with E-state index >= 15 is 0 Å². The lowest BCUT2D eigenvalue weighted by Gasteiger charge is -2.20. The van der Waals surface area contributed by atoms with E-state index in [4.69, 9.17) is 15.9 Å². The van der Waals surface area contributed by atoms with Gasteiger partial charge in [-0.25, -0.2) is 9.82 Å². The lowest BCUT2D eigenvalue weighted by Crippen LogP contribution is -2.48. The van der Waals surface area contributed by atoms with E-state index in [0.29, 0.717) is 23.7 Å². The largest absolute Gasteiger partial charge is 0.490 e. The number of hydrazone groups is 1. The first-order chi connectivity index (χ1) is 15.4. The summed E-state index contributed by atoms with van der Waals surface area (Å²) in [5.74, 6) is 1.27. The molecule has 32 heavy (non-hydrogen) atoms. The number of nitrogens with zero attached hydrogens (tertiary/aromatic N) is 1. The van der Waals surface area contributed by atoms with E-state index in [0.717, 1.165) is 0 Å². The zero-order valence-electron chi connectivity index (χ0n) is 18.2. The first-order valence-electron chi connectivity index (χ1n) is 10.1. The van der Waals surface area contributed by atoms with Gasteiger partial charge in [0.25, 0.3) is 11.8 Å². The standard InChI is InChI=1S/C24H26FN3O4/c1-5-13-32-20-12-11-17(14-21(20)31-6-2)15-26-28-24(30)22(16(3)4)27-23(29)18-9-7-8-10-19(18)25/h1,7-12,14-16,22H,6,13H2,2-4H3,(H,27,29)(H,28,30)/b26-15+. The first-order valence-corrected chi connectivity index (χ1v) is 10.1. The van der Waals surface area contributed by atoms with Gasteiger partial charge in [-0.05, 0) is 48.7 Å². The predicted octanol–water partition coefficient (Wildman–Crippen LogP) is 3.14. The van der Waals surface area contributed by atoms with Crippen molar-refractivity contribution in [2.24, 2.45) is 11.0 Å². The number of nitrogens with one attached hydrogen (secondary N) is 2. The number of halogens is 1. The quantitative estimate of drug-likeness (QED) is 0.338. The van der Waals surface area contributed by atoms with Crippen LogP contribution in [0.1, 0.15) is 36.7 Å². The van der Waals surface area contributed by atoms with Crippen LogP contribution in [0.2, 0.25) is 0 Å². The molecule has 0 saturated carbocycles. The fourth-order valence-electron chi connectivity index (χ4n) is 2.75. The fourth-order valence-corrected chi connectivity index (χ4v) is 2.75. The number of hydrogen-bond donors (Lipinski definition) is 2. The smallest absolute Gasteiger partial charge is 0.262 e. The molecule has 1 atom stereocenters. The SMILES string of the molecule is C#CCOc1ccc(/C=N/NC(=O)C(NC(=O)c2ccccc2F)C(C)C)cc1OCC. The second kappa shape index (κ2) is 12.1. The van der Waals surface area contributed by atoms with Gasteiger partial charge >= 0.3 is 0 Å². The molecule has 2 aromatic rings. The summed E-state index contributed by atoms with van der Waals surface area (Å²) in [6.07, 6.45) is 6.65. The Morgan fingerprint density at radius 3 is 2.59 bits per heavy atom. The van der Waals surface area contributed by atoms with E-state index < -0.39 is 23.7 Å². The first kappa shape index (κ1) is 24.4. The second-order valence-corrected chi connectivity index (χ2v) is 7.04. The van der Waals surface area contributed by atoms with Crippen molar-refractivity contribution in [3.05, 3.63) is 59.4 Å². The number of ether oxygens (including phenoxy) is 2. The molecule has 0 aliphatic rings. The second-order valence-electron chi connectivity index (χ2n) is 7.04. The molecule has 0 aromatic heterocycles. The molecule has 2 rings (SSSR count). The minimum absolute atomic E-state index is 0.110. The van der Waals surface area contributed by atoms with E-state index in [9.17, 15) is 14.0 Å². The summed E-state index contributed by atoms with van der Waals surface area (Å²) in [6.45, 7) is 5.91. The summed E-state index contributed by atoms with van der Waals surface area (Å²) in [6, 6.07) is 9.78. The summed E-state index contributed by atoms with van der Waals surface area (Å²) in [5.41, 5.74) is 2.92. The van der Waals surface area contributed by atoms with Gasteiger partial charge in [0.05, 0.1) is 18.4 Å². The van der Waals surface area contributed by atoms with Crippen molar-refractivity contribution in [3.8, 4) is 23.8 Å². The van der Waals surface area contributed by atoms with E-state index in [-0.39, 0.29) is 18.1 Å². The highest BCUT2D eigenvalue weighted by Crippen LogP contribution is 2.28. The fraction of sp³-hybridized carbons (Fsp3) is 0.292. The van der Waals surface area contributed by atoms with Crippen LogP contribution in [-0.4, -0.2) is 37.3 Å². The molecule has 2 aromatic carbocycles. The lowest BCUT2D eigenvalue weighted by molar-refractivity contribution is -0.123. The Kier molecular flexibility index (Phi) is 9.23. The van der Waals surface area contributed by atoms with Crippen LogP contribution in [0, 0.1) is 24.1 Å². The average Bonchev–Trinajstić information content (AvgIpc) is 2.77. The molecule has 0 aliphatic heterocycles. The van der Waals surface area contributed by atoms with E-state index in [1.165, 1.54) is 24.4 Å². The predicted molar refractivity (Wildman–Crippen MR) is 120 cm³/mol. The van der Waals surface area contributed by atoms with Crippen molar-refractivity contribution in [3.63, 3.8) is 0 Å². The van der Waals surface area contributed by atoms with Gasteiger partial charge in [0.15, 0.2) is 11.5 Å². The summed E-state index contributed by atoms with van der Waals surface area (Å²) in [4.78, 5) is 25.0. The topological polar surface area (TPSA) is 89.0 Å². The average molecular weight is 439 g/mol. The Bertz CT molecular complexity index is 1010. The molecule has 7 nitrogen and oxygen atoms in total. The maximum absolute atomic E-state index is 13.9. The molecule has 168 valence electrons. The maximum atomic E-state index is 13.9. The van der Waals surface area contributed by atoms with Gasteiger partial charge in [-0.15, -0.1) is 6.42 Å². The third-order valence-electron chi connectivity index (χ3n) is 4.32. The molecule has 0 fully saturated rings. The highest BCUT2D eigenvalue weighted by molar-refractivity contribution is 5.98. The summed E-state index contributed by atoms with van der Waals surface area (Å²) >= 11 is 0. The Morgan fingerprint density at radius 2 is 1.94 bits per heavy atom. The Balaban J connectivity index is 2.06. The minimum Gasteiger partial charge on any atom is -0.490 e.